The Labute approximate surface area is 119 Å². The van der Waals surface area contributed by atoms with E-state index in [1.807, 2.05) is 13.8 Å². The van der Waals surface area contributed by atoms with E-state index in [0.29, 0.717) is 26.2 Å². The van der Waals surface area contributed by atoms with Gasteiger partial charge in [0.15, 0.2) is 0 Å². The molecule has 0 spiro atoms. The van der Waals surface area contributed by atoms with Crippen molar-refractivity contribution in [1.82, 2.24) is 14.7 Å². The minimum Gasteiger partial charge on any atom is -0.342 e. The molecule has 2 saturated heterocycles. The van der Waals surface area contributed by atoms with Gasteiger partial charge in [-0.3, -0.25) is 14.4 Å². The normalized spacial score (nSPS) is 27.4. The standard InChI is InChI=1S/C14H23N3O3/c1-11-4-3-5-12(2)17(11)14(20)13(19)16-8-6-15(10-18)7-9-16/h10-12H,3-9H2,1-2H3. The fourth-order valence-corrected chi connectivity index (χ4v) is 3.10. The van der Waals surface area contributed by atoms with Gasteiger partial charge in [-0.15, -0.1) is 0 Å². The van der Waals surface area contributed by atoms with Crippen molar-refractivity contribution in [2.45, 2.75) is 45.2 Å². The molecule has 0 saturated carbocycles. The highest BCUT2D eigenvalue weighted by atomic mass is 16.2. The SMILES string of the molecule is CC1CCCC(C)N1C(=O)C(=O)N1CCN(C=O)CC1. The molecule has 0 bridgehead atoms. The van der Waals surface area contributed by atoms with Gasteiger partial charge in [0.2, 0.25) is 6.41 Å². The van der Waals surface area contributed by atoms with Gasteiger partial charge in [0.25, 0.3) is 0 Å². The first-order valence-electron chi connectivity index (χ1n) is 7.35. The van der Waals surface area contributed by atoms with E-state index in [-0.39, 0.29) is 18.0 Å². The topological polar surface area (TPSA) is 60.9 Å². The van der Waals surface area contributed by atoms with Gasteiger partial charge < -0.3 is 14.7 Å². The van der Waals surface area contributed by atoms with Crippen LogP contribution in [0.5, 0.6) is 0 Å². The summed E-state index contributed by atoms with van der Waals surface area (Å²) in [6, 6.07) is 0.262. The number of carbonyl (C=O) groups excluding carboxylic acids is 3. The van der Waals surface area contributed by atoms with Gasteiger partial charge in [-0.2, -0.15) is 0 Å². The second-order valence-corrected chi connectivity index (χ2v) is 5.77. The Balaban J connectivity index is 1.98. The zero-order chi connectivity index (χ0) is 14.7. The highest BCUT2D eigenvalue weighted by Crippen LogP contribution is 2.23. The minimum atomic E-state index is -0.420. The molecule has 0 N–H and O–H groups in total. The number of piperazine rings is 1. The molecule has 0 aromatic rings. The van der Waals surface area contributed by atoms with Crippen molar-refractivity contribution in [2.24, 2.45) is 0 Å². The Morgan fingerprint density at radius 3 is 2.00 bits per heavy atom. The molecule has 0 radical (unpaired) electrons. The van der Waals surface area contributed by atoms with Crippen LogP contribution in [0.1, 0.15) is 33.1 Å². The molecule has 3 amide bonds. The van der Waals surface area contributed by atoms with E-state index in [2.05, 4.69) is 0 Å². The maximum Gasteiger partial charge on any atom is 0.312 e. The molecule has 6 nitrogen and oxygen atoms in total. The highest BCUT2D eigenvalue weighted by molar-refractivity contribution is 6.35. The quantitative estimate of drug-likeness (QED) is 0.505. The summed E-state index contributed by atoms with van der Waals surface area (Å²) in [5.74, 6) is -0.805. The fraction of sp³-hybridized carbons (Fsp3) is 0.786. The van der Waals surface area contributed by atoms with E-state index in [9.17, 15) is 14.4 Å². The van der Waals surface area contributed by atoms with Crippen molar-refractivity contribution >= 4 is 18.2 Å². The molecule has 0 aromatic heterocycles. The van der Waals surface area contributed by atoms with Gasteiger partial charge >= 0.3 is 11.8 Å². The van der Waals surface area contributed by atoms with Gasteiger partial charge in [-0.1, -0.05) is 0 Å². The molecule has 0 aliphatic carbocycles. The van der Waals surface area contributed by atoms with Crippen molar-refractivity contribution in [3.63, 3.8) is 0 Å². The first kappa shape index (κ1) is 14.8. The minimum absolute atomic E-state index is 0.131. The maximum atomic E-state index is 12.4. The Hall–Kier alpha value is -1.59. The monoisotopic (exact) mass is 281 g/mol. The van der Waals surface area contributed by atoms with E-state index in [1.54, 1.807) is 14.7 Å². The Morgan fingerprint density at radius 2 is 1.50 bits per heavy atom. The van der Waals surface area contributed by atoms with Crippen molar-refractivity contribution in [3.8, 4) is 0 Å². The first-order valence-corrected chi connectivity index (χ1v) is 7.35. The number of hydrogen-bond donors (Lipinski definition) is 0. The lowest BCUT2D eigenvalue weighted by Gasteiger charge is -2.40. The maximum absolute atomic E-state index is 12.4. The van der Waals surface area contributed by atoms with E-state index in [0.717, 1.165) is 25.7 Å². The lowest BCUT2D eigenvalue weighted by molar-refractivity contribution is -0.156. The lowest BCUT2D eigenvalue weighted by atomic mass is 9.97. The van der Waals surface area contributed by atoms with Crippen molar-refractivity contribution in [3.05, 3.63) is 0 Å². The summed E-state index contributed by atoms with van der Waals surface area (Å²) in [6.07, 6.45) is 3.82. The third-order valence-electron chi connectivity index (χ3n) is 4.36. The molecule has 20 heavy (non-hydrogen) atoms. The molecule has 2 heterocycles. The number of piperidine rings is 1. The fourth-order valence-electron chi connectivity index (χ4n) is 3.10. The van der Waals surface area contributed by atoms with E-state index >= 15 is 0 Å². The largest absolute Gasteiger partial charge is 0.342 e. The third-order valence-corrected chi connectivity index (χ3v) is 4.36. The van der Waals surface area contributed by atoms with Crippen LogP contribution < -0.4 is 0 Å². The first-order chi connectivity index (χ1) is 9.54. The third kappa shape index (κ3) is 2.94. The molecule has 2 aliphatic rings. The van der Waals surface area contributed by atoms with E-state index < -0.39 is 5.91 Å². The molecular weight excluding hydrogens is 258 g/mol. The number of rotatable bonds is 1. The molecule has 2 atom stereocenters. The summed E-state index contributed by atoms with van der Waals surface area (Å²) in [4.78, 5) is 40.3. The van der Waals surface area contributed by atoms with Gasteiger partial charge in [-0.25, -0.2) is 0 Å². The second kappa shape index (κ2) is 6.24. The summed E-state index contributed by atoms with van der Waals surface area (Å²) in [5, 5.41) is 0. The van der Waals surface area contributed by atoms with E-state index in [1.165, 1.54) is 0 Å². The smallest absolute Gasteiger partial charge is 0.312 e. The average molecular weight is 281 g/mol. The van der Waals surface area contributed by atoms with Crippen LogP contribution >= 0.6 is 0 Å². The highest BCUT2D eigenvalue weighted by Gasteiger charge is 2.35. The van der Waals surface area contributed by atoms with Crippen LogP contribution in [-0.4, -0.2) is 71.2 Å². The number of carbonyl (C=O) groups is 3. The van der Waals surface area contributed by atoms with Crippen LogP contribution in [0.4, 0.5) is 0 Å². The summed E-state index contributed by atoms with van der Waals surface area (Å²) in [7, 11) is 0. The van der Waals surface area contributed by atoms with Crippen LogP contribution in [-0.2, 0) is 14.4 Å². The molecule has 2 unspecified atom stereocenters. The van der Waals surface area contributed by atoms with Gasteiger partial charge in [0, 0.05) is 38.3 Å². The van der Waals surface area contributed by atoms with Gasteiger partial charge in [-0.05, 0) is 33.1 Å². The molecule has 2 rings (SSSR count). The summed E-state index contributed by atoms with van der Waals surface area (Å²) in [6.45, 7) is 5.91. The molecule has 0 aromatic carbocycles. The van der Waals surface area contributed by atoms with Crippen LogP contribution in [0.2, 0.25) is 0 Å². The average Bonchev–Trinajstić information content (AvgIpc) is 2.46. The van der Waals surface area contributed by atoms with E-state index in [4.69, 9.17) is 0 Å². The Kier molecular flexibility index (Phi) is 4.62. The van der Waals surface area contributed by atoms with Gasteiger partial charge in [0.1, 0.15) is 0 Å². The van der Waals surface area contributed by atoms with Crippen LogP contribution in [0.3, 0.4) is 0 Å². The van der Waals surface area contributed by atoms with Crippen LogP contribution in [0.25, 0.3) is 0 Å². The molecular formula is C14H23N3O3. The van der Waals surface area contributed by atoms with Crippen molar-refractivity contribution in [1.29, 1.82) is 0 Å². The summed E-state index contributed by atoms with van der Waals surface area (Å²) < 4.78 is 0. The number of hydrogen-bond acceptors (Lipinski definition) is 3. The van der Waals surface area contributed by atoms with Gasteiger partial charge in [0.05, 0.1) is 0 Å². The van der Waals surface area contributed by atoms with Crippen LogP contribution in [0.15, 0.2) is 0 Å². The predicted molar refractivity (Wildman–Crippen MR) is 73.8 cm³/mol. The second-order valence-electron chi connectivity index (χ2n) is 5.77. The zero-order valence-corrected chi connectivity index (χ0v) is 12.2. The molecule has 112 valence electrons. The molecule has 2 aliphatic heterocycles. The van der Waals surface area contributed by atoms with Crippen molar-refractivity contribution in [2.75, 3.05) is 26.2 Å². The van der Waals surface area contributed by atoms with Crippen LogP contribution in [0, 0.1) is 0 Å². The number of likely N-dealkylation sites (tertiary alicyclic amines) is 1. The molecule has 2 fully saturated rings. The zero-order valence-electron chi connectivity index (χ0n) is 12.2. The Morgan fingerprint density at radius 1 is 0.950 bits per heavy atom. The summed E-state index contributed by atoms with van der Waals surface area (Å²) >= 11 is 0. The lowest BCUT2D eigenvalue weighted by Crippen LogP contribution is -2.56. The Bertz CT molecular complexity index is 381. The number of amides is 3. The molecule has 6 heteroatoms. The predicted octanol–water partition coefficient (Wildman–Crippen LogP) is 0.0765. The van der Waals surface area contributed by atoms with Crippen molar-refractivity contribution < 1.29 is 14.4 Å². The summed E-state index contributed by atoms with van der Waals surface area (Å²) in [5.41, 5.74) is 0. The number of nitrogens with zero attached hydrogens (tertiary/aromatic N) is 3.